The van der Waals surface area contributed by atoms with Crippen LogP contribution in [0.4, 0.5) is 0 Å². The standard InChI is InChI=1S/2C6H10O3.C6H6/c2*1(5-3-8-5)7-2-6-4-9-6;1-2-4-6-5-3-1/h2*5-6H,1-4H2;1-6H. The van der Waals surface area contributed by atoms with Gasteiger partial charge in [0, 0.05) is 0 Å². The number of epoxide rings is 4. The topological polar surface area (TPSA) is 68.6 Å². The van der Waals surface area contributed by atoms with Crippen LogP contribution in [-0.4, -0.2) is 77.3 Å². The number of benzene rings is 1. The molecule has 4 aliphatic rings. The molecule has 6 heteroatoms. The van der Waals surface area contributed by atoms with Gasteiger partial charge in [0.15, 0.2) is 0 Å². The molecule has 4 unspecified atom stereocenters. The molecule has 6 nitrogen and oxygen atoms in total. The second kappa shape index (κ2) is 10.1. The van der Waals surface area contributed by atoms with Crippen LogP contribution in [0.2, 0.25) is 0 Å². The first-order valence-corrected chi connectivity index (χ1v) is 8.52. The zero-order valence-corrected chi connectivity index (χ0v) is 13.9. The van der Waals surface area contributed by atoms with Gasteiger partial charge < -0.3 is 28.4 Å². The maximum atomic E-state index is 5.23. The molecule has 4 heterocycles. The van der Waals surface area contributed by atoms with E-state index in [9.17, 15) is 0 Å². The number of rotatable bonds is 8. The Morgan fingerprint density at radius 2 is 0.708 bits per heavy atom. The highest BCUT2D eigenvalue weighted by Crippen LogP contribution is 2.13. The predicted molar refractivity (Wildman–Crippen MR) is 87.0 cm³/mol. The molecule has 4 saturated heterocycles. The van der Waals surface area contributed by atoms with Crippen molar-refractivity contribution in [3.63, 3.8) is 0 Å². The van der Waals surface area contributed by atoms with Crippen LogP contribution < -0.4 is 0 Å². The van der Waals surface area contributed by atoms with Crippen LogP contribution >= 0.6 is 0 Å². The lowest BCUT2D eigenvalue weighted by Crippen LogP contribution is -2.06. The van der Waals surface area contributed by atoms with Crippen molar-refractivity contribution in [2.45, 2.75) is 24.4 Å². The minimum Gasteiger partial charge on any atom is -0.376 e. The average Bonchev–Trinajstić information content (AvgIpc) is 3.48. The second-order valence-corrected chi connectivity index (χ2v) is 6.05. The number of hydrogen-bond donors (Lipinski definition) is 0. The smallest absolute Gasteiger partial charge is 0.104 e. The highest BCUT2D eigenvalue weighted by atomic mass is 16.6. The number of hydrogen-bond acceptors (Lipinski definition) is 6. The predicted octanol–water partition coefficient (Wildman–Crippen LogP) is 1.29. The fourth-order valence-electron chi connectivity index (χ4n) is 1.70. The molecule has 1 aromatic carbocycles. The van der Waals surface area contributed by atoms with Gasteiger partial charge in [0.1, 0.15) is 24.4 Å². The minimum atomic E-state index is 0.392. The first-order chi connectivity index (χ1) is 11.9. The molecule has 0 bridgehead atoms. The molecule has 24 heavy (non-hydrogen) atoms. The molecule has 0 amide bonds. The zero-order valence-electron chi connectivity index (χ0n) is 13.9. The summed E-state index contributed by atoms with van der Waals surface area (Å²) in [7, 11) is 0. The van der Waals surface area contributed by atoms with Gasteiger partial charge in [-0.1, -0.05) is 36.4 Å². The molecule has 4 atom stereocenters. The number of ether oxygens (including phenoxy) is 6. The van der Waals surface area contributed by atoms with E-state index in [1.807, 2.05) is 36.4 Å². The fourth-order valence-corrected chi connectivity index (χ4v) is 1.70. The molecule has 0 saturated carbocycles. The van der Waals surface area contributed by atoms with Crippen molar-refractivity contribution in [3.05, 3.63) is 36.4 Å². The molecular weight excluding hydrogens is 312 g/mol. The van der Waals surface area contributed by atoms with Gasteiger partial charge in [-0.2, -0.15) is 0 Å². The Kier molecular flexibility index (Phi) is 7.47. The minimum absolute atomic E-state index is 0.392. The van der Waals surface area contributed by atoms with E-state index in [0.29, 0.717) is 24.4 Å². The molecule has 0 N–H and O–H groups in total. The molecule has 0 spiro atoms. The van der Waals surface area contributed by atoms with Crippen LogP contribution in [-0.2, 0) is 28.4 Å². The summed E-state index contributed by atoms with van der Waals surface area (Å²) in [4.78, 5) is 0. The monoisotopic (exact) mass is 338 g/mol. The van der Waals surface area contributed by atoms with E-state index >= 15 is 0 Å². The van der Waals surface area contributed by atoms with Crippen LogP contribution in [0, 0.1) is 0 Å². The van der Waals surface area contributed by atoms with Crippen molar-refractivity contribution in [1.29, 1.82) is 0 Å². The summed E-state index contributed by atoms with van der Waals surface area (Å²) < 4.78 is 30.2. The fraction of sp³-hybridized carbons (Fsp3) is 0.667. The van der Waals surface area contributed by atoms with Crippen LogP contribution in [0.15, 0.2) is 36.4 Å². The van der Waals surface area contributed by atoms with E-state index < -0.39 is 0 Å². The van der Waals surface area contributed by atoms with Crippen LogP contribution in [0.25, 0.3) is 0 Å². The van der Waals surface area contributed by atoms with Gasteiger partial charge in [0.2, 0.25) is 0 Å². The summed E-state index contributed by atoms with van der Waals surface area (Å²) in [6.07, 6.45) is 1.57. The molecule has 134 valence electrons. The van der Waals surface area contributed by atoms with E-state index in [2.05, 4.69) is 0 Å². The normalized spacial score (nSPS) is 31.0. The molecule has 0 aromatic heterocycles. The van der Waals surface area contributed by atoms with Crippen LogP contribution in [0.3, 0.4) is 0 Å². The molecule has 1 aromatic rings. The van der Waals surface area contributed by atoms with Crippen LogP contribution in [0.1, 0.15) is 0 Å². The van der Waals surface area contributed by atoms with Gasteiger partial charge in [0.25, 0.3) is 0 Å². The molecule has 4 aliphatic heterocycles. The first kappa shape index (κ1) is 17.8. The molecule has 5 rings (SSSR count). The van der Waals surface area contributed by atoms with Crippen molar-refractivity contribution < 1.29 is 28.4 Å². The van der Waals surface area contributed by atoms with Gasteiger partial charge >= 0.3 is 0 Å². The summed E-state index contributed by atoms with van der Waals surface area (Å²) in [6.45, 7) is 6.52. The Balaban J connectivity index is 0.000000108. The highest BCUT2D eigenvalue weighted by Gasteiger charge is 2.27. The lowest BCUT2D eigenvalue weighted by molar-refractivity contribution is 0.102. The highest BCUT2D eigenvalue weighted by molar-refractivity contribution is 4.99. The maximum Gasteiger partial charge on any atom is 0.104 e. The molecule has 0 aliphatic carbocycles. The second-order valence-electron chi connectivity index (χ2n) is 6.05. The lowest BCUT2D eigenvalue weighted by atomic mass is 10.4. The van der Waals surface area contributed by atoms with Gasteiger partial charge in [-0.05, 0) is 0 Å². The lowest BCUT2D eigenvalue weighted by Gasteiger charge is -1.95. The van der Waals surface area contributed by atoms with Crippen molar-refractivity contribution in [2.24, 2.45) is 0 Å². The SMILES string of the molecule is C(OCC1CO1)C1CO1.C(OCC1CO1)C1CO1.c1ccccc1. The Morgan fingerprint density at radius 3 is 0.875 bits per heavy atom. The van der Waals surface area contributed by atoms with Gasteiger partial charge in [-0.25, -0.2) is 0 Å². The third-order valence-corrected chi connectivity index (χ3v) is 3.49. The summed E-state index contributed by atoms with van der Waals surface area (Å²) in [5, 5.41) is 0. The average molecular weight is 338 g/mol. The summed E-state index contributed by atoms with van der Waals surface area (Å²) in [6, 6.07) is 12.0. The van der Waals surface area contributed by atoms with E-state index in [1.54, 1.807) is 0 Å². The van der Waals surface area contributed by atoms with Crippen molar-refractivity contribution in [3.8, 4) is 0 Å². The third kappa shape index (κ3) is 9.97. The van der Waals surface area contributed by atoms with Gasteiger partial charge in [0.05, 0.1) is 52.9 Å². The van der Waals surface area contributed by atoms with E-state index in [4.69, 9.17) is 28.4 Å². The zero-order chi connectivity index (χ0) is 16.5. The van der Waals surface area contributed by atoms with E-state index in [-0.39, 0.29) is 0 Å². The molecule has 4 fully saturated rings. The maximum absolute atomic E-state index is 5.23. The quantitative estimate of drug-likeness (QED) is 0.665. The van der Waals surface area contributed by atoms with E-state index in [1.165, 1.54) is 0 Å². The van der Waals surface area contributed by atoms with Gasteiger partial charge in [-0.15, -0.1) is 0 Å². The van der Waals surface area contributed by atoms with Crippen LogP contribution in [0.5, 0.6) is 0 Å². The Bertz CT molecular complexity index is 350. The Morgan fingerprint density at radius 1 is 0.500 bits per heavy atom. The first-order valence-electron chi connectivity index (χ1n) is 8.52. The largest absolute Gasteiger partial charge is 0.376 e. The summed E-state index contributed by atoms with van der Waals surface area (Å²) in [5.41, 5.74) is 0. The van der Waals surface area contributed by atoms with Gasteiger partial charge in [-0.3, -0.25) is 0 Å². The summed E-state index contributed by atoms with van der Waals surface area (Å²) >= 11 is 0. The van der Waals surface area contributed by atoms with Crippen molar-refractivity contribution >= 4 is 0 Å². The van der Waals surface area contributed by atoms with E-state index in [0.717, 1.165) is 52.9 Å². The summed E-state index contributed by atoms with van der Waals surface area (Å²) in [5.74, 6) is 0. The Hall–Kier alpha value is -1.02. The molecular formula is C18H26O6. The molecule has 0 radical (unpaired) electrons. The Labute approximate surface area is 142 Å². The van der Waals surface area contributed by atoms with Crippen molar-refractivity contribution in [2.75, 3.05) is 52.9 Å². The van der Waals surface area contributed by atoms with Crippen molar-refractivity contribution in [1.82, 2.24) is 0 Å². The third-order valence-electron chi connectivity index (χ3n) is 3.49.